The van der Waals surface area contributed by atoms with Crippen molar-refractivity contribution < 1.29 is 9.90 Å². The minimum absolute atomic E-state index is 0.0217. The van der Waals surface area contributed by atoms with E-state index in [4.69, 9.17) is 5.11 Å². The number of nitrogens with one attached hydrogen (secondary N) is 1. The molecule has 0 saturated carbocycles. The van der Waals surface area contributed by atoms with E-state index in [1.807, 2.05) is 13.8 Å². The van der Waals surface area contributed by atoms with Crippen molar-refractivity contribution in [3.05, 3.63) is 0 Å². The summed E-state index contributed by atoms with van der Waals surface area (Å²) in [4.78, 5) is 11.1. The molecule has 0 rings (SSSR count). The molecule has 0 spiro atoms. The van der Waals surface area contributed by atoms with Crippen molar-refractivity contribution >= 4 is 5.91 Å². The van der Waals surface area contributed by atoms with Crippen LogP contribution in [-0.4, -0.2) is 23.7 Å². The van der Waals surface area contributed by atoms with Crippen LogP contribution in [-0.2, 0) is 4.79 Å². The van der Waals surface area contributed by atoms with Gasteiger partial charge in [-0.1, -0.05) is 13.8 Å². The molecular weight excluding hydrogens is 142 g/mol. The van der Waals surface area contributed by atoms with Crippen LogP contribution in [0.15, 0.2) is 0 Å². The zero-order valence-electron chi connectivity index (χ0n) is 7.42. The third kappa shape index (κ3) is 4.79. The van der Waals surface area contributed by atoms with Gasteiger partial charge in [0.25, 0.3) is 0 Å². The Morgan fingerprint density at radius 2 is 2.09 bits per heavy atom. The highest BCUT2D eigenvalue weighted by molar-refractivity contribution is 5.78. The van der Waals surface area contributed by atoms with E-state index in [1.54, 1.807) is 6.92 Å². The van der Waals surface area contributed by atoms with Gasteiger partial charge in [-0.3, -0.25) is 4.79 Å². The second kappa shape index (κ2) is 5.13. The maximum absolute atomic E-state index is 11.1. The Balaban J connectivity index is 3.52. The first kappa shape index (κ1) is 10.4. The normalized spacial score (nSPS) is 15.6. The maximum Gasteiger partial charge on any atom is 0.222 e. The molecule has 0 aromatic heterocycles. The third-order valence-electron chi connectivity index (χ3n) is 1.63. The molecule has 2 N–H and O–H groups in total. The summed E-state index contributed by atoms with van der Waals surface area (Å²) < 4.78 is 0. The molecule has 0 heterocycles. The molecule has 0 aliphatic carbocycles. The van der Waals surface area contributed by atoms with Crippen LogP contribution >= 0.6 is 0 Å². The van der Waals surface area contributed by atoms with Crippen molar-refractivity contribution in [3.8, 4) is 0 Å². The predicted molar refractivity (Wildman–Crippen MR) is 44.1 cm³/mol. The van der Waals surface area contributed by atoms with E-state index < -0.39 is 6.10 Å². The summed E-state index contributed by atoms with van der Waals surface area (Å²) in [5.74, 6) is 0.0714. The number of rotatable bonds is 4. The Morgan fingerprint density at radius 3 is 2.45 bits per heavy atom. The van der Waals surface area contributed by atoms with E-state index in [9.17, 15) is 4.79 Å². The molecule has 0 bridgehead atoms. The van der Waals surface area contributed by atoms with Crippen LogP contribution < -0.4 is 5.32 Å². The van der Waals surface area contributed by atoms with Gasteiger partial charge in [-0.2, -0.15) is 0 Å². The van der Waals surface area contributed by atoms with E-state index in [0.29, 0.717) is 6.54 Å². The molecule has 0 aliphatic rings. The van der Waals surface area contributed by atoms with Crippen LogP contribution in [0.5, 0.6) is 0 Å². The quantitative estimate of drug-likeness (QED) is 0.628. The van der Waals surface area contributed by atoms with Gasteiger partial charge in [0, 0.05) is 12.5 Å². The van der Waals surface area contributed by atoms with E-state index in [-0.39, 0.29) is 11.8 Å². The van der Waals surface area contributed by atoms with E-state index in [2.05, 4.69) is 5.32 Å². The smallest absolute Gasteiger partial charge is 0.222 e. The van der Waals surface area contributed by atoms with Gasteiger partial charge in [-0.25, -0.2) is 0 Å². The fourth-order valence-corrected chi connectivity index (χ4v) is 0.608. The Kier molecular flexibility index (Phi) is 4.86. The highest BCUT2D eigenvalue weighted by Gasteiger charge is 2.09. The second-order valence-corrected chi connectivity index (χ2v) is 2.90. The molecule has 0 radical (unpaired) electrons. The zero-order chi connectivity index (χ0) is 8.85. The summed E-state index contributed by atoms with van der Waals surface area (Å²) >= 11 is 0. The topological polar surface area (TPSA) is 49.3 Å². The monoisotopic (exact) mass is 159 g/mol. The van der Waals surface area contributed by atoms with E-state index >= 15 is 0 Å². The number of amides is 1. The van der Waals surface area contributed by atoms with Crippen molar-refractivity contribution in [2.24, 2.45) is 5.92 Å². The van der Waals surface area contributed by atoms with Gasteiger partial charge in [0.15, 0.2) is 0 Å². The summed E-state index contributed by atoms with van der Waals surface area (Å²) in [5.41, 5.74) is 0. The molecule has 3 nitrogen and oxygen atoms in total. The van der Waals surface area contributed by atoms with Crippen LogP contribution in [0.4, 0.5) is 0 Å². The standard InChI is InChI=1S/C8H17NO2/c1-4-6(2)8(11)9-5-7(3)10/h6-7,10H,4-5H2,1-3H3,(H,9,11)/t6?,7-/m1/s1. The molecule has 3 heteroatoms. The number of hydrogen-bond acceptors (Lipinski definition) is 2. The minimum Gasteiger partial charge on any atom is -0.392 e. The molecule has 0 aromatic carbocycles. The number of carbonyl (C=O) groups is 1. The molecule has 2 atom stereocenters. The van der Waals surface area contributed by atoms with Gasteiger partial charge in [0.2, 0.25) is 5.91 Å². The summed E-state index contributed by atoms with van der Waals surface area (Å²) in [5, 5.41) is 11.5. The van der Waals surface area contributed by atoms with Crippen LogP contribution in [0, 0.1) is 5.92 Å². The van der Waals surface area contributed by atoms with Crippen molar-refractivity contribution in [3.63, 3.8) is 0 Å². The molecule has 11 heavy (non-hydrogen) atoms. The first-order valence-corrected chi connectivity index (χ1v) is 4.03. The van der Waals surface area contributed by atoms with Crippen LogP contribution in [0.1, 0.15) is 27.2 Å². The zero-order valence-corrected chi connectivity index (χ0v) is 7.42. The molecular formula is C8H17NO2. The molecule has 1 amide bonds. The largest absolute Gasteiger partial charge is 0.392 e. The first-order chi connectivity index (χ1) is 5.07. The lowest BCUT2D eigenvalue weighted by molar-refractivity contribution is -0.124. The molecule has 66 valence electrons. The average molecular weight is 159 g/mol. The Bertz CT molecular complexity index is 123. The Hall–Kier alpha value is -0.570. The average Bonchev–Trinajstić information content (AvgIpc) is 1.98. The second-order valence-electron chi connectivity index (χ2n) is 2.90. The van der Waals surface area contributed by atoms with Crippen molar-refractivity contribution in [2.75, 3.05) is 6.54 Å². The lowest BCUT2D eigenvalue weighted by Crippen LogP contribution is -2.34. The molecule has 1 unspecified atom stereocenters. The van der Waals surface area contributed by atoms with Gasteiger partial charge in [-0.15, -0.1) is 0 Å². The van der Waals surface area contributed by atoms with E-state index in [1.165, 1.54) is 0 Å². The number of hydrogen-bond donors (Lipinski definition) is 2. The third-order valence-corrected chi connectivity index (χ3v) is 1.63. The summed E-state index contributed by atoms with van der Waals surface area (Å²) in [7, 11) is 0. The van der Waals surface area contributed by atoms with Gasteiger partial charge in [-0.05, 0) is 13.3 Å². The number of aliphatic hydroxyl groups is 1. The summed E-state index contributed by atoms with van der Waals surface area (Å²) in [6, 6.07) is 0. The molecule has 0 saturated heterocycles. The summed E-state index contributed by atoms with van der Waals surface area (Å²) in [6.07, 6.45) is 0.383. The summed E-state index contributed by atoms with van der Waals surface area (Å²) in [6.45, 7) is 5.84. The fraction of sp³-hybridized carbons (Fsp3) is 0.875. The number of carbonyl (C=O) groups excluding carboxylic acids is 1. The van der Waals surface area contributed by atoms with Gasteiger partial charge in [0.05, 0.1) is 6.10 Å². The van der Waals surface area contributed by atoms with Crippen molar-refractivity contribution in [1.82, 2.24) is 5.32 Å². The van der Waals surface area contributed by atoms with Crippen LogP contribution in [0.2, 0.25) is 0 Å². The first-order valence-electron chi connectivity index (χ1n) is 4.03. The highest BCUT2D eigenvalue weighted by atomic mass is 16.3. The number of aliphatic hydroxyl groups excluding tert-OH is 1. The SMILES string of the molecule is CCC(C)C(=O)NC[C@@H](C)O. The lowest BCUT2D eigenvalue weighted by Gasteiger charge is -2.10. The predicted octanol–water partition coefficient (Wildman–Crippen LogP) is 0.529. The Labute approximate surface area is 67.8 Å². The Morgan fingerprint density at radius 1 is 1.55 bits per heavy atom. The van der Waals surface area contributed by atoms with E-state index in [0.717, 1.165) is 6.42 Å². The van der Waals surface area contributed by atoms with Gasteiger partial charge in [0.1, 0.15) is 0 Å². The minimum atomic E-state index is -0.456. The van der Waals surface area contributed by atoms with Crippen LogP contribution in [0.25, 0.3) is 0 Å². The molecule has 0 aromatic rings. The highest BCUT2D eigenvalue weighted by Crippen LogP contribution is 1.99. The van der Waals surface area contributed by atoms with Gasteiger partial charge >= 0.3 is 0 Å². The molecule has 0 fully saturated rings. The lowest BCUT2D eigenvalue weighted by atomic mass is 10.1. The maximum atomic E-state index is 11.1. The van der Waals surface area contributed by atoms with Crippen molar-refractivity contribution in [2.45, 2.75) is 33.3 Å². The van der Waals surface area contributed by atoms with Crippen molar-refractivity contribution in [1.29, 1.82) is 0 Å². The molecule has 0 aliphatic heterocycles. The van der Waals surface area contributed by atoms with Gasteiger partial charge < -0.3 is 10.4 Å². The van der Waals surface area contributed by atoms with Crippen LogP contribution in [0.3, 0.4) is 0 Å². The fourth-order valence-electron chi connectivity index (χ4n) is 0.608.